The zero-order valence-corrected chi connectivity index (χ0v) is 16.1. The van der Waals surface area contributed by atoms with Crippen molar-refractivity contribution in [2.45, 2.75) is 26.2 Å². The molecule has 1 saturated heterocycles. The lowest BCUT2D eigenvalue weighted by Crippen LogP contribution is -2.35. The van der Waals surface area contributed by atoms with E-state index in [0.717, 1.165) is 49.2 Å². The Balaban J connectivity index is 1.60. The molecule has 5 nitrogen and oxygen atoms in total. The number of rotatable bonds is 6. The number of hydrogen-bond donors (Lipinski definition) is 0. The van der Waals surface area contributed by atoms with Crippen molar-refractivity contribution < 1.29 is 14.3 Å². The molecule has 1 aromatic carbocycles. The highest BCUT2D eigenvalue weighted by molar-refractivity contribution is 6.33. The number of anilines is 1. The molecule has 1 aliphatic rings. The Bertz CT molecular complexity index is 800. The van der Waals surface area contributed by atoms with Gasteiger partial charge >= 0.3 is 5.97 Å². The minimum atomic E-state index is -0.0994. The maximum Gasteiger partial charge on any atom is 0.306 e. The maximum atomic E-state index is 11.6. The molecular weight excluding hydrogens is 364 g/mol. The van der Waals surface area contributed by atoms with Gasteiger partial charge < -0.3 is 9.64 Å². The van der Waals surface area contributed by atoms with E-state index in [4.69, 9.17) is 16.3 Å². The molecule has 0 saturated carbocycles. The van der Waals surface area contributed by atoms with Crippen molar-refractivity contribution in [3.05, 3.63) is 47.1 Å². The summed E-state index contributed by atoms with van der Waals surface area (Å²) in [6.07, 6.45) is 5.01. The number of nitrogens with zero attached hydrogens (tertiary/aromatic N) is 2. The van der Waals surface area contributed by atoms with Gasteiger partial charge in [-0.1, -0.05) is 17.7 Å². The fourth-order valence-corrected chi connectivity index (χ4v) is 3.59. The Labute approximate surface area is 164 Å². The predicted octanol–water partition coefficient (Wildman–Crippen LogP) is 4.38. The number of pyridine rings is 1. The molecule has 0 N–H and O–H groups in total. The monoisotopic (exact) mass is 386 g/mol. The number of aldehydes is 1. The number of piperidine rings is 1. The van der Waals surface area contributed by atoms with E-state index < -0.39 is 0 Å². The Hall–Kier alpha value is -2.40. The van der Waals surface area contributed by atoms with Gasteiger partial charge in [0, 0.05) is 36.8 Å². The number of halogens is 1. The van der Waals surface area contributed by atoms with Gasteiger partial charge in [0.2, 0.25) is 0 Å². The van der Waals surface area contributed by atoms with Crippen LogP contribution in [0.5, 0.6) is 0 Å². The van der Waals surface area contributed by atoms with Gasteiger partial charge in [0.25, 0.3) is 0 Å². The van der Waals surface area contributed by atoms with Crippen molar-refractivity contribution in [2.75, 3.05) is 24.6 Å². The van der Waals surface area contributed by atoms with Crippen LogP contribution in [0.15, 0.2) is 36.5 Å². The van der Waals surface area contributed by atoms with E-state index in [1.807, 2.05) is 31.3 Å². The van der Waals surface area contributed by atoms with Gasteiger partial charge in [-0.2, -0.15) is 0 Å². The minimum absolute atomic E-state index is 0.0994. The number of carbonyl (C=O) groups excluding carboxylic acids is 2. The zero-order valence-electron chi connectivity index (χ0n) is 15.4. The summed E-state index contributed by atoms with van der Waals surface area (Å²) in [7, 11) is 0. The molecule has 0 bridgehead atoms. The largest absolute Gasteiger partial charge is 0.466 e. The Morgan fingerprint density at radius 2 is 2.00 bits per heavy atom. The molecule has 0 radical (unpaired) electrons. The zero-order chi connectivity index (χ0) is 19.2. The van der Waals surface area contributed by atoms with Gasteiger partial charge in [0.15, 0.2) is 6.29 Å². The average Bonchev–Trinajstić information content (AvgIpc) is 2.69. The van der Waals surface area contributed by atoms with E-state index in [-0.39, 0.29) is 5.97 Å². The van der Waals surface area contributed by atoms with Crippen molar-refractivity contribution >= 4 is 29.7 Å². The summed E-state index contributed by atoms with van der Waals surface area (Å²) in [5.74, 6) is 1.22. The number of hydrogen-bond acceptors (Lipinski definition) is 5. The molecule has 0 aliphatic carbocycles. The van der Waals surface area contributed by atoms with E-state index in [0.29, 0.717) is 29.5 Å². The lowest BCUT2D eigenvalue weighted by Gasteiger charge is -2.32. The van der Waals surface area contributed by atoms with Gasteiger partial charge in [0.1, 0.15) is 5.82 Å². The number of carbonyl (C=O) groups is 2. The molecule has 1 aromatic heterocycles. The molecule has 3 rings (SSSR count). The highest BCUT2D eigenvalue weighted by Gasteiger charge is 2.22. The molecule has 27 heavy (non-hydrogen) atoms. The highest BCUT2D eigenvalue weighted by atomic mass is 35.5. The van der Waals surface area contributed by atoms with Crippen LogP contribution in [0.2, 0.25) is 5.02 Å². The molecule has 1 aliphatic heterocycles. The lowest BCUT2D eigenvalue weighted by molar-refractivity contribution is -0.144. The van der Waals surface area contributed by atoms with Crippen LogP contribution in [0.3, 0.4) is 0 Å². The van der Waals surface area contributed by atoms with Gasteiger partial charge in [-0.3, -0.25) is 9.59 Å². The second-order valence-corrected chi connectivity index (χ2v) is 7.11. The fraction of sp³-hybridized carbons (Fsp3) is 0.381. The molecule has 2 aromatic rings. The number of esters is 1. The lowest BCUT2D eigenvalue weighted by atomic mass is 9.93. The van der Waals surface area contributed by atoms with Crippen LogP contribution in [-0.4, -0.2) is 36.9 Å². The second-order valence-electron chi connectivity index (χ2n) is 6.70. The van der Waals surface area contributed by atoms with Crippen LogP contribution in [0.25, 0.3) is 11.1 Å². The Morgan fingerprint density at radius 1 is 1.26 bits per heavy atom. The molecule has 0 atom stereocenters. The van der Waals surface area contributed by atoms with Crippen LogP contribution < -0.4 is 4.90 Å². The van der Waals surface area contributed by atoms with Crippen molar-refractivity contribution in [3.63, 3.8) is 0 Å². The summed E-state index contributed by atoms with van der Waals surface area (Å²) >= 11 is 6.11. The molecule has 1 fully saturated rings. The third-order valence-electron chi connectivity index (χ3n) is 4.91. The summed E-state index contributed by atoms with van der Waals surface area (Å²) in [6, 6.07) is 9.38. The summed E-state index contributed by atoms with van der Waals surface area (Å²) in [4.78, 5) is 29.3. The van der Waals surface area contributed by atoms with Crippen molar-refractivity contribution in [1.29, 1.82) is 0 Å². The SMILES string of the molecule is CCOC(=O)CC1CCN(c2ccc(-c3ccc(C=O)c(Cl)c3)cn2)CC1. The normalized spacial score (nSPS) is 14.8. The molecule has 142 valence electrons. The first-order valence-corrected chi connectivity index (χ1v) is 9.60. The molecular formula is C21H23ClN2O3. The van der Waals surface area contributed by atoms with E-state index in [2.05, 4.69) is 9.88 Å². The highest BCUT2D eigenvalue weighted by Crippen LogP contribution is 2.28. The summed E-state index contributed by atoms with van der Waals surface area (Å²) in [6.45, 7) is 4.05. The fourth-order valence-electron chi connectivity index (χ4n) is 3.37. The van der Waals surface area contributed by atoms with Crippen LogP contribution in [0.1, 0.15) is 36.5 Å². The van der Waals surface area contributed by atoms with Gasteiger partial charge in [-0.25, -0.2) is 4.98 Å². The van der Waals surface area contributed by atoms with Crippen LogP contribution in [-0.2, 0) is 9.53 Å². The molecule has 6 heteroatoms. The maximum absolute atomic E-state index is 11.6. The molecule has 0 amide bonds. The van der Waals surface area contributed by atoms with E-state index in [1.165, 1.54) is 0 Å². The van der Waals surface area contributed by atoms with Crippen LogP contribution in [0, 0.1) is 5.92 Å². The summed E-state index contributed by atoms with van der Waals surface area (Å²) in [5.41, 5.74) is 2.36. The summed E-state index contributed by atoms with van der Waals surface area (Å²) in [5, 5.41) is 0.440. The quantitative estimate of drug-likeness (QED) is 0.544. The number of aromatic nitrogens is 1. The van der Waals surface area contributed by atoms with E-state index in [1.54, 1.807) is 12.1 Å². The first kappa shape index (κ1) is 19.4. The van der Waals surface area contributed by atoms with Gasteiger partial charge in [0.05, 0.1) is 11.6 Å². The Morgan fingerprint density at radius 3 is 2.59 bits per heavy atom. The summed E-state index contributed by atoms with van der Waals surface area (Å²) < 4.78 is 5.04. The molecule has 0 spiro atoms. The first-order chi connectivity index (χ1) is 13.1. The smallest absolute Gasteiger partial charge is 0.306 e. The number of benzene rings is 1. The standard InChI is InChI=1S/C21H23ClN2O3/c1-2-27-21(26)11-15-7-9-24(10-8-15)20-6-5-17(13-23-20)16-3-4-18(14-25)19(22)12-16/h3-6,12-15H,2,7-11H2,1H3. The topological polar surface area (TPSA) is 59.5 Å². The van der Waals surface area contributed by atoms with E-state index >= 15 is 0 Å². The molecule has 2 heterocycles. The number of ether oxygens (including phenoxy) is 1. The first-order valence-electron chi connectivity index (χ1n) is 9.22. The van der Waals surface area contributed by atoms with Crippen molar-refractivity contribution in [3.8, 4) is 11.1 Å². The second kappa shape index (κ2) is 9.00. The van der Waals surface area contributed by atoms with Gasteiger partial charge in [-0.05, 0) is 55.5 Å². The molecule has 0 unspecified atom stereocenters. The average molecular weight is 387 g/mol. The third-order valence-corrected chi connectivity index (χ3v) is 5.24. The van der Waals surface area contributed by atoms with Crippen LogP contribution >= 0.6 is 11.6 Å². The van der Waals surface area contributed by atoms with Gasteiger partial charge in [-0.15, -0.1) is 0 Å². The Kier molecular flexibility index (Phi) is 6.45. The third kappa shape index (κ3) is 4.86. The van der Waals surface area contributed by atoms with Crippen molar-refractivity contribution in [2.24, 2.45) is 5.92 Å². The predicted molar refractivity (Wildman–Crippen MR) is 106 cm³/mol. The van der Waals surface area contributed by atoms with Crippen molar-refractivity contribution in [1.82, 2.24) is 4.98 Å². The van der Waals surface area contributed by atoms with E-state index in [9.17, 15) is 9.59 Å². The van der Waals surface area contributed by atoms with Crippen LogP contribution in [0.4, 0.5) is 5.82 Å². The minimum Gasteiger partial charge on any atom is -0.466 e.